The van der Waals surface area contributed by atoms with Gasteiger partial charge in [-0.15, -0.1) is 11.3 Å². The van der Waals surface area contributed by atoms with E-state index in [1.807, 2.05) is 5.38 Å². The molecule has 1 N–H and O–H groups in total. The highest BCUT2D eigenvalue weighted by Gasteiger charge is 2.42. The summed E-state index contributed by atoms with van der Waals surface area (Å²) in [6, 6.07) is 0.884. The first-order chi connectivity index (χ1) is 8.88. The lowest BCUT2D eigenvalue weighted by Crippen LogP contribution is -2.51. The second kappa shape index (κ2) is 4.94. The Balaban J connectivity index is 2.37. The summed E-state index contributed by atoms with van der Waals surface area (Å²) in [4.78, 5) is 26.4. The van der Waals surface area contributed by atoms with E-state index >= 15 is 0 Å². The number of carboxylic acid groups (broad SMARTS) is 1. The first-order valence-electron chi connectivity index (χ1n) is 6.03. The van der Waals surface area contributed by atoms with E-state index in [2.05, 4.69) is 0 Å². The molecule has 1 aliphatic heterocycles. The zero-order valence-corrected chi connectivity index (χ0v) is 12.0. The number of thiophene rings is 1. The van der Waals surface area contributed by atoms with Gasteiger partial charge in [0, 0.05) is 18.5 Å². The molecule has 0 saturated carbocycles. The van der Waals surface area contributed by atoms with Gasteiger partial charge < -0.3 is 14.7 Å². The summed E-state index contributed by atoms with van der Waals surface area (Å²) in [5, 5.41) is 11.3. The highest BCUT2D eigenvalue weighted by atomic mass is 32.1. The fourth-order valence-corrected chi connectivity index (χ4v) is 3.14. The molecule has 0 saturated heterocycles. The van der Waals surface area contributed by atoms with Crippen molar-refractivity contribution in [1.29, 1.82) is 0 Å². The van der Waals surface area contributed by atoms with E-state index in [0.29, 0.717) is 13.0 Å². The second-order valence-corrected chi connectivity index (χ2v) is 6.00. The Morgan fingerprint density at radius 3 is 2.79 bits per heavy atom. The minimum atomic E-state index is -1.01. The van der Waals surface area contributed by atoms with E-state index in [9.17, 15) is 14.7 Å². The molecule has 0 fully saturated rings. The third-order valence-corrected chi connectivity index (χ3v) is 4.48. The van der Waals surface area contributed by atoms with Crippen molar-refractivity contribution in [3.63, 3.8) is 0 Å². The number of hydrogen-bond acceptors (Lipinski definition) is 4. The number of ether oxygens (including phenoxy) is 1. The first-order valence-corrected chi connectivity index (χ1v) is 6.91. The minimum Gasteiger partial charge on any atom is -0.479 e. The van der Waals surface area contributed by atoms with E-state index in [-0.39, 0.29) is 5.91 Å². The van der Waals surface area contributed by atoms with Crippen LogP contribution in [0.25, 0.3) is 0 Å². The van der Waals surface area contributed by atoms with Gasteiger partial charge in [0.05, 0.1) is 0 Å². The van der Waals surface area contributed by atoms with Gasteiger partial charge in [-0.1, -0.05) is 0 Å². The lowest BCUT2D eigenvalue weighted by atomic mass is 9.97. The molecule has 6 heteroatoms. The summed E-state index contributed by atoms with van der Waals surface area (Å²) in [5.74, 6) is -1.29. The van der Waals surface area contributed by atoms with Crippen LogP contribution in [0.5, 0.6) is 0 Å². The number of rotatable bonds is 3. The predicted octanol–water partition coefficient (Wildman–Crippen LogP) is 1.68. The SMILES string of the molecule is COC(C)(C)C(=O)N1CCc2sccc2C1C(=O)O. The van der Waals surface area contributed by atoms with Gasteiger partial charge in [0.1, 0.15) is 5.60 Å². The predicted molar refractivity (Wildman–Crippen MR) is 71.2 cm³/mol. The van der Waals surface area contributed by atoms with Crippen molar-refractivity contribution in [3.05, 3.63) is 21.9 Å². The van der Waals surface area contributed by atoms with Gasteiger partial charge in [0.25, 0.3) is 5.91 Å². The van der Waals surface area contributed by atoms with Crippen LogP contribution < -0.4 is 0 Å². The summed E-state index contributed by atoms with van der Waals surface area (Å²) in [6.07, 6.45) is 0.697. The average Bonchev–Trinajstić information content (AvgIpc) is 2.84. The van der Waals surface area contributed by atoms with E-state index in [4.69, 9.17) is 4.74 Å². The van der Waals surface area contributed by atoms with Crippen LogP contribution in [0.4, 0.5) is 0 Å². The Kier molecular flexibility index (Phi) is 3.64. The minimum absolute atomic E-state index is 0.292. The molecule has 1 amide bonds. The molecule has 1 aliphatic rings. The van der Waals surface area contributed by atoms with Crippen molar-refractivity contribution in [2.24, 2.45) is 0 Å². The summed E-state index contributed by atoms with van der Waals surface area (Å²) in [6.45, 7) is 3.71. The number of methoxy groups -OCH3 is 1. The zero-order valence-electron chi connectivity index (χ0n) is 11.2. The highest BCUT2D eigenvalue weighted by Crippen LogP contribution is 2.35. The fraction of sp³-hybridized carbons (Fsp3) is 0.538. The molecule has 2 heterocycles. The number of hydrogen-bond donors (Lipinski definition) is 1. The summed E-state index contributed by atoms with van der Waals surface area (Å²) in [5.41, 5.74) is -0.287. The Bertz CT molecular complexity index is 508. The Morgan fingerprint density at radius 2 is 2.21 bits per heavy atom. The summed E-state index contributed by atoms with van der Waals surface area (Å²) >= 11 is 1.54. The molecule has 5 nitrogen and oxygen atoms in total. The van der Waals surface area contributed by atoms with Gasteiger partial charge in [0.15, 0.2) is 6.04 Å². The van der Waals surface area contributed by atoms with Crippen LogP contribution in [0.1, 0.15) is 30.3 Å². The van der Waals surface area contributed by atoms with Gasteiger partial charge in [-0.3, -0.25) is 4.79 Å². The molecular formula is C13H17NO4S. The lowest BCUT2D eigenvalue weighted by Gasteiger charge is -2.37. The molecule has 0 spiro atoms. The van der Waals surface area contributed by atoms with Crippen LogP contribution in [0.2, 0.25) is 0 Å². The van der Waals surface area contributed by atoms with Crippen LogP contribution in [0.15, 0.2) is 11.4 Å². The highest BCUT2D eigenvalue weighted by molar-refractivity contribution is 7.10. The van der Waals surface area contributed by atoms with Crippen molar-refractivity contribution in [3.8, 4) is 0 Å². The number of carboxylic acids is 1. The number of aliphatic carboxylic acids is 1. The Morgan fingerprint density at radius 1 is 1.53 bits per heavy atom. The number of nitrogens with zero attached hydrogens (tertiary/aromatic N) is 1. The summed E-state index contributed by atoms with van der Waals surface area (Å²) in [7, 11) is 1.45. The molecule has 0 bridgehead atoms. The maximum atomic E-state index is 12.4. The van der Waals surface area contributed by atoms with E-state index in [1.54, 1.807) is 31.3 Å². The Hall–Kier alpha value is -1.40. The zero-order chi connectivity index (χ0) is 14.2. The molecular weight excluding hydrogens is 266 g/mol. The quantitative estimate of drug-likeness (QED) is 0.916. The number of carbonyl (C=O) groups excluding carboxylic acids is 1. The third kappa shape index (κ3) is 2.37. The number of fused-ring (bicyclic) bond motifs is 1. The first kappa shape index (κ1) is 14.0. The van der Waals surface area contributed by atoms with E-state index < -0.39 is 17.6 Å². The summed E-state index contributed by atoms with van der Waals surface area (Å²) < 4.78 is 5.17. The standard InChI is InChI=1S/C13H17NO4S/c1-13(2,18-3)12(17)14-6-4-9-8(5-7-19-9)10(14)11(15)16/h5,7,10H,4,6H2,1-3H3,(H,15,16). The smallest absolute Gasteiger partial charge is 0.331 e. The van der Waals surface area contributed by atoms with Gasteiger partial charge in [0.2, 0.25) is 0 Å². The monoisotopic (exact) mass is 283 g/mol. The molecule has 104 valence electrons. The normalized spacial score (nSPS) is 19.1. The van der Waals surface area contributed by atoms with Gasteiger partial charge in [-0.25, -0.2) is 4.79 Å². The van der Waals surface area contributed by atoms with Crippen molar-refractivity contribution < 1.29 is 19.4 Å². The topological polar surface area (TPSA) is 66.8 Å². The van der Waals surface area contributed by atoms with Gasteiger partial charge >= 0.3 is 5.97 Å². The fourth-order valence-electron chi connectivity index (χ4n) is 2.23. The average molecular weight is 283 g/mol. The molecule has 19 heavy (non-hydrogen) atoms. The number of carbonyl (C=O) groups is 2. The molecule has 1 unspecified atom stereocenters. The molecule has 1 aromatic rings. The lowest BCUT2D eigenvalue weighted by molar-refractivity contribution is -0.161. The van der Waals surface area contributed by atoms with Crippen molar-refractivity contribution in [2.45, 2.75) is 31.9 Å². The molecule has 0 radical (unpaired) electrons. The maximum absolute atomic E-state index is 12.4. The molecule has 1 atom stereocenters. The maximum Gasteiger partial charge on any atom is 0.331 e. The van der Waals surface area contributed by atoms with Crippen molar-refractivity contribution in [1.82, 2.24) is 4.90 Å². The van der Waals surface area contributed by atoms with Crippen molar-refractivity contribution >= 4 is 23.2 Å². The Labute approximate surface area is 115 Å². The van der Waals surface area contributed by atoms with Crippen LogP contribution >= 0.6 is 11.3 Å². The van der Waals surface area contributed by atoms with Crippen LogP contribution in [0.3, 0.4) is 0 Å². The van der Waals surface area contributed by atoms with Crippen LogP contribution in [-0.4, -0.2) is 41.1 Å². The third-order valence-electron chi connectivity index (χ3n) is 3.49. The second-order valence-electron chi connectivity index (χ2n) is 5.00. The van der Waals surface area contributed by atoms with Gasteiger partial charge in [-0.05, 0) is 37.3 Å². The van der Waals surface area contributed by atoms with E-state index in [1.165, 1.54) is 12.0 Å². The number of amides is 1. The van der Waals surface area contributed by atoms with Gasteiger partial charge in [-0.2, -0.15) is 0 Å². The molecule has 1 aromatic heterocycles. The van der Waals surface area contributed by atoms with Crippen LogP contribution in [-0.2, 0) is 20.7 Å². The molecule has 0 aromatic carbocycles. The molecule has 2 rings (SSSR count). The molecule has 0 aliphatic carbocycles. The van der Waals surface area contributed by atoms with Crippen LogP contribution in [0, 0.1) is 0 Å². The van der Waals surface area contributed by atoms with E-state index in [0.717, 1.165) is 10.4 Å². The van der Waals surface area contributed by atoms with Crippen molar-refractivity contribution in [2.75, 3.05) is 13.7 Å². The largest absolute Gasteiger partial charge is 0.479 e.